The Labute approximate surface area is 146 Å². The van der Waals surface area contributed by atoms with Crippen molar-refractivity contribution in [1.82, 2.24) is 20.2 Å². The van der Waals surface area contributed by atoms with Crippen LogP contribution in [-0.4, -0.2) is 40.2 Å². The van der Waals surface area contributed by atoms with Gasteiger partial charge in [-0.3, -0.25) is 9.59 Å². The highest BCUT2D eigenvalue weighted by Gasteiger charge is 2.11. The van der Waals surface area contributed by atoms with Crippen LogP contribution in [0.3, 0.4) is 0 Å². The summed E-state index contributed by atoms with van der Waals surface area (Å²) < 4.78 is 2.11. The molecular weight excluding hydrogens is 324 g/mol. The summed E-state index contributed by atoms with van der Waals surface area (Å²) in [6.45, 7) is 7.43. The average molecular weight is 348 g/mol. The predicted octanol–water partition coefficient (Wildman–Crippen LogP) is 2.04. The lowest BCUT2D eigenvalue weighted by molar-refractivity contribution is -0.124. The molecule has 0 aliphatic rings. The van der Waals surface area contributed by atoms with Crippen LogP contribution in [-0.2, 0) is 16.1 Å². The van der Waals surface area contributed by atoms with E-state index in [9.17, 15) is 9.59 Å². The molecule has 2 amide bonds. The molecule has 0 unspecified atom stereocenters. The highest BCUT2D eigenvalue weighted by molar-refractivity contribution is 7.99. The van der Waals surface area contributed by atoms with E-state index >= 15 is 0 Å². The number of rotatable bonds is 8. The zero-order valence-corrected chi connectivity index (χ0v) is 15.2. The van der Waals surface area contributed by atoms with E-state index < -0.39 is 0 Å². The van der Waals surface area contributed by atoms with Crippen molar-refractivity contribution < 1.29 is 9.59 Å². The number of aryl methyl sites for hydroxylation is 1. The van der Waals surface area contributed by atoms with Crippen molar-refractivity contribution in [3.05, 3.63) is 24.3 Å². The van der Waals surface area contributed by atoms with E-state index in [2.05, 4.69) is 27.1 Å². The quantitative estimate of drug-likeness (QED) is 0.565. The van der Waals surface area contributed by atoms with Gasteiger partial charge >= 0.3 is 0 Å². The molecule has 1 aromatic carbocycles. The molecule has 0 saturated heterocycles. The summed E-state index contributed by atoms with van der Waals surface area (Å²) in [4.78, 5) is 27.9. The number of carbonyl (C=O) groups is 2. The van der Waals surface area contributed by atoms with Crippen molar-refractivity contribution in [3.8, 4) is 0 Å². The highest BCUT2D eigenvalue weighted by atomic mass is 32.2. The van der Waals surface area contributed by atoms with Crippen LogP contribution in [0.5, 0.6) is 0 Å². The molecule has 0 atom stereocenters. The highest BCUT2D eigenvalue weighted by Crippen LogP contribution is 2.23. The number of hydrogen-bond acceptors (Lipinski definition) is 4. The Bertz CT molecular complexity index is 712. The number of imidazole rings is 1. The summed E-state index contributed by atoms with van der Waals surface area (Å²) in [7, 11) is 0. The number of nitrogens with one attached hydrogen (secondary N) is 2. The molecule has 130 valence electrons. The molecular formula is C17H24N4O2S. The molecule has 1 aromatic heterocycles. The fourth-order valence-corrected chi connectivity index (χ4v) is 3.15. The third kappa shape index (κ3) is 4.74. The fourth-order valence-electron chi connectivity index (χ4n) is 2.24. The van der Waals surface area contributed by atoms with Gasteiger partial charge in [-0.05, 0) is 19.1 Å². The molecule has 7 heteroatoms. The number of para-hydroxylation sites is 2. The summed E-state index contributed by atoms with van der Waals surface area (Å²) in [5.41, 5.74) is 2.03. The number of fused-ring (bicyclic) bond motifs is 1. The fraction of sp³-hybridized carbons (Fsp3) is 0.471. The molecule has 0 radical (unpaired) electrons. The number of nitrogens with zero attached hydrogens (tertiary/aromatic N) is 2. The van der Waals surface area contributed by atoms with Gasteiger partial charge in [0.05, 0.1) is 16.8 Å². The second-order valence-electron chi connectivity index (χ2n) is 5.71. The molecule has 24 heavy (non-hydrogen) atoms. The average Bonchev–Trinajstić information content (AvgIpc) is 2.94. The van der Waals surface area contributed by atoms with Gasteiger partial charge in [-0.2, -0.15) is 0 Å². The van der Waals surface area contributed by atoms with Crippen LogP contribution < -0.4 is 10.6 Å². The Balaban J connectivity index is 1.81. The Morgan fingerprint density at radius 1 is 1.21 bits per heavy atom. The van der Waals surface area contributed by atoms with Gasteiger partial charge in [0.15, 0.2) is 5.16 Å². The molecule has 2 rings (SSSR count). The topological polar surface area (TPSA) is 76.0 Å². The van der Waals surface area contributed by atoms with Gasteiger partial charge in [0, 0.05) is 25.6 Å². The summed E-state index contributed by atoms with van der Waals surface area (Å²) in [6.07, 6.45) is 0. The van der Waals surface area contributed by atoms with Gasteiger partial charge in [-0.1, -0.05) is 37.7 Å². The Morgan fingerprint density at radius 2 is 1.92 bits per heavy atom. The molecule has 0 aliphatic heterocycles. The zero-order chi connectivity index (χ0) is 17.5. The maximum atomic E-state index is 11.9. The number of thioether (sulfide) groups is 1. The third-order valence-electron chi connectivity index (χ3n) is 3.54. The van der Waals surface area contributed by atoms with E-state index in [-0.39, 0.29) is 17.7 Å². The van der Waals surface area contributed by atoms with Crippen LogP contribution in [0, 0.1) is 5.92 Å². The Morgan fingerprint density at radius 3 is 2.62 bits per heavy atom. The van der Waals surface area contributed by atoms with Gasteiger partial charge < -0.3 is 15.2 Å². The van der Waals surface area contributed by atoms with Gasteiger partial charge in [-0.15, -0.1) is 0 Å². The normalized spacial score (nSPS) is 11.0. The lowest BCUT2D eigenvalue weighted by atomic mass is 10.2. The number of amides is 2. The van der Waals surface area contributed by atoms with Crippen molar-refractivity contribution in [3.63, 3.8) is 0 Å². The smallest absolute Gasteiger partial charge is 0.230 e. The third-order valence-corrected chi connectivity index (χ3v) is 4.52. The molecule has 0 bridgehead atoms. The predicted molar refractivity (Wildman–Crippen MR) is 97.0 cm³/mol. The van der Waals surface area contributed by atoms with Gasteiger partial charge in [0.1, 0.15) is 0 Å². The number of benzene rings is 1. The minimum Gasteiger partial charge on any atom is -0.354 e. The largest absolute Gasteiger partial charge is 0.354 e. The lowest BCUT2D eigenvalue weighted by Gasteiger charge is -2.09. The van der Waals surface area contributed by atoms with Crippen LogP contribution in [0.25, 0.3) is 11.0 Å². The molecule has 0 spiro atoms. The first-order chi connectivity index (χ1) is 11.5. The zero-order valence-electron chi connectivity index (χ0n) is 14.3. The standard InChI is InChI=1S/C17H24N4O2S/c1-4-21-14-8-6-5-7-13(14)20-17(21)24-11-15(22)18-9-10-19-16(23)12(2)3/h5-8,12H,4,9-11H2,1-3H3,(H,18,22)(H,19,23). The molecule has 6 nitrogen and oxygen atoms in total. The molecule has 0 aliphatic carbocycles. The molecule has 0 saturated carbocycles. The van der Waals surface area contributed by atoms with Crippen LogP contribution in [0.2, 0.25) is 0 Å². The number of carbonyl (C=O) groups excluding carboxylic acids is 2. The SMILES string of the molecule is CCn1c(SCC(=O)NCCNC(=O)C(C)C)nc2ccccc21. The van der Waals surface area contributed by atoms with Gasteiger partial charge in [0.2, 0.25) is 11.8 Å². The summed E-state index contributed by atoms with van der Waals surface area (Å²) in [5, 5.41) is 6.43. The molecule has 2 aromatic rings. The van der Waals surface area contributed by atoms with E-state index in [1.165, 1.54) is 11.8 Å². The van der Waals surface area contributed by atoms with E-state index in [1.54, 1.807) is 0 Å². The molecule has 0 fully saturated rings. The van der Waals surface area contributed by atoms with Crippen molar-refractivity contribution in [2.24, 2.45) is 5.92 Å². The molecule has 1 heterocycles. The van der Waals surface area contributed by atoms with Crippen LogP contribution >= 0.6 is 11.8 Å². The summed E-state index contributed by atoms with van der Waals surface area (Å²) in [5.74, 6) is 0.198. The number of aromatic nitrogens is 2. The maximum Gasteiger partial charge on any atom is 0.230 e. The van der Waals surface area contributed by atoms with Crippen molar-refractivity contribution in [2.45, 2.75) is 32.5 Å². The minimum absolute atomic E-state index is 0.00436. The Hall–Kier alpha value is -2.02. The van der Waals surface area contributed by atoms with Crippen LogP contribution in [0.4, 0.5) is 0 Å². The van der Waals surface area contributed by atoms with E-state index in [0.29, 0.717) is 18.8 Å². The first-order valence-electron chi connectivity index (χ1n) is 8.15. The minimum atomic E-state index is -0.0616. The number of hydrogen-bond donors (Lipinski definition) is 2. The molecule has 2 N–H and O–H groups in total. The van der Waals surface area contributed by atoms with Gasteiger partial charge in [0.25, 0.3) is 0 Å². The van der Waals surface area contributed by atoms with Crippen molar-refractivity contribution >= 4 is 34.6 Å². The van der Waals surface area contributed by atoms with Gasteiger partial charge in [-0.25, -0.2) is 4.98 Å². The second-order valence-corrected chi connectivity index (χ2v) is 6.65. The first-order valence-corrected chi connectivity index (χ1v) is 9.14. The van der Waals surface area contributed by atoms with Crippen LogP contribution in [0.1, 0.15) is 20.8 Å². The summed E-state index contributed by atoms with van der Waals surface area (Å²) in [6, 6.07) is 7.96. The van der Waals surface area contributed by atoms with E-state index in [4.69, 9.17) is 0 Å². The monoisotopic (exact) mass is 348 g/mol. The van der Waals surface area contributed by atoms with E-state index in [0.717, 1.165) is 22.7 Å². The van der Waals surface area contributed by atoms with Crippen molar-refractivity contribution in [2.75, 3.05) is 18.8 Å². The lowest BCUT2D eigenvalue weighted by Crippen LogP contribution is -2.37. The second kappa shape index (κ2) is 8.73. The maximum absolute atomic E-state index is 11.9. The van der Waals surface area contributed by atoms with E-state index in [1.807, 2.05) is 38.1 Å². The van der Waals surface area contributed by atoms with Crippen molar-refractivity contribution in [1.29, 1.82) is 0 Å². The van der Waals surface area contributed by atoms with Crippen LogP contribution in [0.15, 0.2) is 29.4 Å². The first kappa shape index (κ1) is 18.3. The summed E-state index contributed by atoms with van der Waals surface area (Å²) >= 11 is 1.43. The Kier molecular flexibility index (Phi) is 6.66.